The van der Waals surface area contributed by atoms with Crippen molar-refractivity contribution < 1.29 is 9.53 Å². The van der Waals surface area contributed by atoms with Crippen LogP contribution in [0.25, 0.3) is 21.3 Å². The van der Waals surface area contributed by atoms with Crippen LogP contribution >= 0.6 is 11.3 Å². The molecule has 0 aliphatic carbocycles. The second kappa shape index (κ2) is 8.61. The van der Waals surface area contributed by atoms with Crippen molar-refractivity contribution >= 4 is 33.3 Å². The Morgan fingerprint density at radius 3 is 2.67 bits per heavy atom. The van der Waals surface area contributed by atoms with Crippen molar-refractivity contribution in [2.45, 2.75) is 13.2 Å². The van der Waals surface area contributed by atoms with Crippen LogP contribution in [0.2, 0.25) is 0 Å². The third-order valence-electron chi connectivity index (χ3n) is 4.81. The molecule has 0 bridgehead atoms. The lowest BCUT2D eigenvalue weighted by Gasteiger charge is -2.21. The van der Waals surface area contributed by atoms with E-state index in [4.69, 9.17) is 20.4 Å². The molecule has 0 aliphatic heterocycles. The fourth-order valence-corrected chi connectivity index (χ4v) is 4.40. The number of ether oxygens (including phenoxy) is 1. The molecule has 7 heteroatoms. The predicted octanol–water partition coefficient (Wildman–Crippen LogP) is 4.24. The van der Waals surface area contributed by atoms with Gasteiger partial charge in [0.25, 0.3) is 0 Å². The third kappa shape index (κ3) is 4.03. The summed E-state index contributed by atoms with van der Waals surface area (Å²) in [4.78, 5) is 24.0. The van der Waals surface area contributed by atoms with Crippen LogP contribution in [0, 0.1) is 0 Å². The van der Waals surface area contributed by atoms with E-state index in [0.717, 1.165) is 32.7 Å². The van der Waals surface area contributed by atoms with Crippen molar-refractivity contribution in [2.24, 2.45) is 5.73 Å². The number of anilines is 1. The first-order valence-corrected chi connectivity index (χ1v) is 10.4. The number of carbonyl (C=O) groups is 1. The highest BCUT2D eigenvalue weighted by molar-refractivity contribution is 7.17. The van der Waals surface area contributed by atoms with E-state index < -0.39 is 5.91 Å². The van der Waals surface area contributed by atoms with Crippen molar-refractivity contribution in [2.75, 3.05) is 19.1 Å². The molecule has 30 heavy (non-hydrogen) atoms. The fourth-order valence-electron chi connectivity index (χ4n) is 3.44. The molecular formula is C23H22N4O2S. The molecule has 0 spiro atoms. The fraction of sp³-hybridized carbons (Fsp3) is 0.174. The second-order valence-electron chi connectivity index (χ2n) is 7.01. The zero-order valence-corrected chi connectivity index (χ0v) is 17.6. The van der Waals surface area contributed by atoms with Crippen LogP contribution in [0.15, 0.2) is 60.0 Å². The van der Waals surface area contributed by atoms with Gasteiger partial charge in [0.15, 0.2) is 5.82 Å². The Bertz CT molecular complexity index is 1190. The summed E-state index contributed by atoms with van der Waals surface area (Å²) < 4.78 is 5.27. The molecule has 2 heterocycles. The van der Waals surface area contributed by atoms with E-state index in [9.17, 15) is 4.79 Å². The summed E-state index contributed by atoms with van der Waals surface area (Å²) in [6.45, 7) is 0.913. The summed E-state index contributed by atoms with van der Waals surface area (Å²) in [6.07, 6.45) is 0. The van der Waals surface area contributed by atoms with Gasteiger partial charge in [-0.25, -0.2) is 9.97 Å². The molecule has 152 valence electrons. The molecule has 1 amide bonds. The van der Waals surface area contributed by atoms with Gasteiger partial charge in [0.1, 0.15) is 17.3 Å². The van der Waals surface area contributed by atoms with Gasteiger partial charge in [-0.05, 0) is 23.3 Å². The van der Waals surface area contributed by atoms with E-state index in [0.29, 0.717) is 24.5 Å². The Hall–Kier alpha value is -3.29. The van der Waals surface area contributed by atoms with Crippen LogP contribution in [-0.4, -0.2) is 30.0 Å². The first-order chi connectivity index (χ1) is 14.6. The molecule has 0 saturated heterocycles. The number of carbonyl (C=O) groups excluding carboxylic acids is 1. The quantitative estimate of drug-likeness (QED) is 0.485. The van der Waals surface area contributed by atoms with Gasteiger partial charge < -0.3 is 15.4 Å². The monoisotopic (exact) mass is 418 g/mol. The molecule has 0 aliphatic rings. The smallest absolute Gasteiger partial charge is 0.248 e. The summed E-state index contributed by atoms with van der Waals surface area (Å²) in [7, 11) is 3.62. The highest BCUT2D eigenvalue weighted by Gasteiger charge is 2.18. The van der Waals surface area contributed by atoms with Crippen LogP contribution in [-0.2, 0) is 17.9 Å². The lowest BCUT2D eigenvalue weighted by atomic mass is 10.1. The van der Waals surface area contributed by atoms with Crippen molar-refractivity contribution in [1.29, 1.82) is 0 Å². The minimum Gasteiger partial charge on any atom is -0.377 e. The van der Waals surface area contributed by atoms with Gasteiger partial charge in [-0.3, -0.25) is 4.79 Å². The van der Waals surface area contributed by atoms with Crippen LogP contribution in [0.5, 0.6) is 0 Å². The average molecular weight is 419 g/mol. The molecule has 2 N–H and O–H groups in total. The molecular weight excluding hydrogens is 396 g/mol. The van der Waals surface area contributed by atoms with Gasteiger partial charge in [-0.1, -0.05) is 42.5 Å². The Morgan fingerprint density at radius 2 is 1.93 bits per heavy atom. The average Bonchev–Trinajstić information content (AvgIpc) is 3.18. The van der Waals surface area contributed by atoms with E-state index in [-0.39, 0.29) is 0 Å². The maximum absolute atomic E-state index is 11.5. The van der Waals surface area contributed by atoms with Gasteiger partial charge in [0, 0.05) is 37.2 Å². The van der Waals surface area contributed by atoms with Gasteiger partial charge in [-0.15, -0.1) is 11.3 Å². The lowest BCUT2D eigenvalue weighted by Crippen LogP contribution is -2.20. The number of hydrogen-bond acceptors (Lipinski definition) is 6. The molecule has 0 radical (unpaired) electrons. The first-order valence-electron chi connectivity index (χ1n) is 9.49. The minimum absolute atomic E-state index is 0.340. The normalized spacial score (nSPS) is 11.0. The van der Waals surface area contributed by atoms with Crippen molar-refractivity contribution in [1.82, 2.24) is 9.97 Å². The van der Waals surface area contributed by atoms with Crippen LogP contribution in [0.4, 0.5) is 5.82 Å². The molecule has 0 saturated carbocycles. The van der Waals surface area contributed by atoms with Gasteiger partial charge in [-0.2, -0.15) is 0 Å². The summed E-state index contributed by atoms with van der Waals surface area (Å²) in [6, 6.07) is 17.6. The lowest BCUT2D eigenvalue weighted by molar-refractivity contribution is 0.1000. The molecule has 2 aromatic carbocycles. The Kier molecular flexibility index (Phi) is 5.74. The van der Waals surface area contributed by atoms with Gasteiger partial charge in [0.2, 0.25) is 5.91 Å². The molecule has 6 nitrogen and oxygen atoms in total. The number of methoxy groups -OCH3 is 1. The highest BCUT2D eigenvalue weighted by atomic mass is 32.1. The SMILES string of the molecule is COCc1nc(N(C)Cc2cccc(C(N)=O)c2)c2c(-c3ccccc3)csc2n1. The molecule has 0 fully saturated rings. The largest absolute Gasteiger partial charge is 0.377 e. The second-order valence-corrected chi connectivity index (χ2v) is 7.87. The summed E-state index contributed by atoms with van der Waals surface area (Å²) in [5.74, 6) is 1.03. The van der Waals surface area contributed by atoms with E-state index in [1.165, 1.54) is 0 Å². The van der Waals surface area contributed by atoms with Crippen molar-refractivity contribution in [3.8, 4) is 11.1 Å². The van der Waals surface area contributed by atoms with Crippen molar-refractivity contribution in [3.63, 3.8) is 0 Å². The number of aromatic nitrogens is 2. The Labute approximate surface area is 179 Å². The van der Waals surface area contributed by atoms with E-state index >= 15 is 0 Å². The summed E-state index contributed by atoms with van der Waals surface area (Å²) in [5, 5.41) is 3.13. The van der Waals surface area contributed by atoms with Crippen molar-refractivity contribution in [3.05, 3.63) is 76.9 Å². The summed E-state index contributed by atoms with van der Waals surface area (Å²) >= 11 is 1.60. The number of nitrogens with two attached hydrogens (primary N) is 1. The topological polar surface area (TPSA) is 81.3 Å². The maximum Gasteiger partial charge on any atom is 0.248 e. The number of primary amides is 1. The molecule has 0 unspecified atom stereocenters. The molecule has 0 atom stereocenters. The number of amides is 1. The third-order valence-corrected chi connectivity index (χ3v) is 5.68. The standard InChI is InChI=1S/C23H22N4O2S/c1-27(12-15-7-6-10-17(11-15)21(24)28)22-20-18(16-8-4-3-5-9-16)14-30-23(20)26-19(25-22)13-29-2/h3-11,14H,12-13H2,1-2H3,(H2,24,28). The minimum atomic E-state index is -0.435. The number of nitrogens with zero attached hydrogens (tertiary/aromatic N) is 3. The number of rotatable bonds is 7. The Morgan fingerprint density at radius 1 is 1.13 bits per heavy atom. The van der Waals surface area contributed by atoms with E-state index in [1.54, 1.807) is 24.5 Å². The van der Waals surface area contributed by atoms with Crippen LogP contribution < -0.4 is 10.6 Å². The zero-order valence-electron chi connectivity index (χ0n) is 16.8. The number of benzene rings is 2. The van der Waals surface area contributed by atoms with Gasteiger partial charge in [0.05, 0.1) is 5.39 Å². The maximum atomic E-state index is 11.5. The molecule has 4 aromatic rings. The van der Waals surface area contributed by atoms with Crippen LogP contribution in [0.3, 0.4) is 0 Å². The highest BCUT2D eigenvalue weighted by Crippen LogP contribution is 2.38. The van der Waals surface area contributed by atoms with E-state index in [2.05, 4.69) is 22.4 Å². The predicted molar refractivity (Wildman–Crippen MR) is 121 cm³/mol. The first kappa shape index (κ1) is 20.0. The van der Waals surface area contributed by atoms with Gasteiger partial charge >= 0.3 is 0 Å². The number of hydrogen-bond donors (Lipinski definition) is 1. The Balaban J connectivity index is 1.80. The molecule has 4 rings (SSSR count). The molecule has 2 aromatic heterocycles. The van der Waals surface area contributed by atoms with E-state index in [1.807, 2.05) is 43.4 Å². The zero-order chi connectivity index (χ0) is 21.1. The number of thiophene rings is 1. The summed E-state index contributed by atoms with van der Waals surface area (Å²) in [5.41, 5.74) is 9.14. The number of fused-ring (bicyclic) bond motifs is 1. The van der Waals surface area contributed by atoms with Crippen LogP contribution in [0.1, 0.15) is 21.7 Å².